The van der Waals surface area contributed by atoms with Crippen molar-refractivity contribution < 1.29 is 9.90 Å². The highest BCUT2D eigenvalue weighted by Gasteiger charge is 2.07. The Labute approximate surface area is 93.9 Å². The van der Waals surface area contributed by atoms with Gasteiger partial charge in [0.1, 0.15) is 5.82 Å². The van der Waals surface area contributed by atoms with E-state index >= 15 is 0 Å². The van der Waals surface area contributed by atoms with Crippen LogP contribution >= 0.6 is 0 Å². The first-order chi connectivity index (χ1) is 7.63. The molecule has 1 heterocycles. The van der Waals surface area contributed by atoms with Gasteiger partial charge in [-0.25, -0.2) is 4.98 Å². The van der Waals surface area contributed by atoms with Crippen LogP contribution in [0.3, 0.4) is 0 Å². The summed E-state index contributed by atoms with van der Waals surface area (Å²) in [4.78, 5) is 15.3. The van der Waals surface area contributed by atoms with Crippen LogP contribution in [0.2, 0.25) is 0 Å². The first-order valence-corrected chi connectivity index (χ1v) is 5.00. The van der Waals surface area contributed by atoms with E-state index in [1.807, 2.05) is 0 Å². The van der Waals surface area contributed by atoms with Crippen molar-refractivity contribution in [1.82, 2.24) is 4.98 Å². The summed E-state index contributed by atoms with van der Waals surface area (Å²) in [6.07, 6.45) is 1.58. The van der Waals surface area contributed by atoms with Gasteiger partial charge < -0.3 is 21.5 Å². The van der Waals surface area contributed by atoms with Crippen molar-refractivity contribution in [3.63, 3.8) is 0 Å². The zero-order valence-electron chi connectivity index (χ0n) is 9.10. The average molecular weight is 224 g/mol. The van der Waals surface area contributed by atoms with Crippen molar-refractivity contribution in [3.05, 3.63) is 18.3 Å². The maximum atomic E-state index is 11.2. The van der Waals surface area contributed by atoms with E-state index in [9.17, 15) is 4.79 Å². The molecule has 88 valence electrons. The number of aromatic nitrogens is 1. The minimum atomic E-state index is -0.561. The molecular weight excluding hydrogens is 208 g/mol. The molecule has 6 heteroatoms. The van der Waals surface area contributed by atoms with Gasteiger partial charge in [-0.3, -0.25) is 4.79 Å². The van der Waals surface area contributed by atoms with E-state index in [2.05, 4.69) is 15.6 Å². The van der Waals surface area contributed by atoms with E-state index < -0.39 is 6.04 Å². The number of aliphatic hydroxyl groups is 1. The zero-order valence-corrected chi connectivity index (χ0v) is 9.10. The number of carbonyl (C=O) groups is 1. The molecule has 0 saturated heterocycles. The Hall–Kier alpha value is -1.66. The summed E-state index contributed by atoms with van der Waals surface area (Å²) in [6.45, 7) is 2.13. The summed E-state index contributed by atoms with van der Waals surface area (Å²) in [5, 5.41) is 14.1. The summed E-state index contributed by atoms with van der Waals surface area (Å²) < 4.78 is 0. The molecule has 0 spiro atoms. The van der Waals surface area contributed by atoms with Crippen LogP contribution in [0.25, 0.3) is 0 Å². The molecule has 0 aromatic carbocycles. The molecule has 1 amide bonds. The maximum absolute atomic E-state index is 11.2. The third kappa shape index (κ3) is 3.84. The van der Waals surface area contributed by atoms with Crippen LogP contribution in [0, 0.1) is 0 Å². The van der Waals surface area contributed by atoms with Crippen molar-refractivity contribution in [1.29, 1.82) is 0 Å². The van der Waals surface area contributed by atoms with Gasteiger partial charge in [0.25, 0.3) is 0 Å². The number of hydrogen-bond acceptors (Lipinski definition) is 5. The number of amides is 1. The second-order valence-electron chi connectivity index (χ2n) is 3.36. The molecule has 1 atom stereocenters. The number of rotatable bonds is 5. The monoisotopic (exact) mass is 224 g/mol. The summed E-state index contributed by atoms with van der Waals surface area (Å²) in [5.41, 5.74) is 6.18. The highest BCUT2D eigenvalue weighted by atomic mass is 16.3. The first-order valence-electron chi connectivity index (χ1n) is 5.00. The summed E-state index contributed by atoms with van der Waals surface area (Å²) >= 11 is 0. The predicted octanol–water partition coefficient (Wildman–Crippen LogP) is -0.229. The number of hydrogen-bond donors (Lipinski definition) is 4. The minimum absolute atomic E-state index is 0.0587. The number of nitrogens with one attached hydrogen (secondary N) is 2. The smallest absolute Gasteiger partial charge is 0.242 e. The van der Waals surface area contributed by atoms with Crippen LogP contribution in [0.15, 0.2) is 18.3 Å². The molecule has 0 saturated carbocycles. The normalized spacial score (nSPS) is 11.9. The second kappa shape index (κ2) is 6.04. The van der Waals surface area contributed by atoms with Gasteiger partial charge >= 0.3 is 0 Å². The quantitative estimate of drug-likeness (QED) is 0.553. The van der Waals surface area contributed by atoms with E-state index in [4.69, 9.17) is 10.8 Å². The Kier molecular flexibility index (Phi) is 4.68. The molecule has 0 aliphatic rings. The molecule has 0 fully saturated rings. The van der Waals surface area contributed by atoms with Crippen molar-refractivity contribution >= 4 is 17.4 Å². The largest absolute Gasteiger partial charge is 0.395 e. The van der Waals surface area contributed by atoms with Crippen LogP contribution in [0.4, 0.5) is 11.5 Å². The average Bonchev–Trinajstić information content (AvgIpc) is 2.28. The lowest BCUT2D eigenvalue weighted by Crippen LogP contribution is -2.32. The fraction of sp³-hybridized carbons (Fsp3) is 0.400. The SMILES string of the molecule is CC(N)C(=O)Nc1ccc(NCCO)cn1. The summed E-state index contributed by atoms with van der Waals surface area (Å²) in [6, 6.07) is 2.87. The van der Waals surface area contributed by atoms with Crippen molar-refractivity contribution in [2.75, 3.05) is 23.8 Å². The minimum Gasteiger partial charge on any atom is -0.395 e. The van der Waals surface area contributed by atoms with Crippen LogP contribution in [0.5, 0.6) is 0 Å². The van der Waals surface area contributed by atoms with Crippen LogP contribution < -0.4 is 16.4 Å². The second-order valence-corrected chi connectivity index (χ2v) is 3.36. The van der Waals surface area contributed by atoms with Crippen molar-refractivity contribution in [2.24, 2.45) is 5.73 Å². The van der Waals surface area contributed by atoms with Gasteiger partial charge in [0.05, 0.1) is 24.5 Å². The van der Waals surface area contributed by atoms with Gasteiger partial charge in [0.2, 0.25) is 5.91 Å². The Balaban J connectivity index is 2.54. The third-order valence-corrected chi connectivity index (χ3v) is 1.87. The number of nitrogens with two attached hydrogens (primary N) is 1. The van der Waals surface area contributed by atoms with E-state index in [1.54, 1.807) is 25.3 Å². The molecular formula is C10H16N4O2. The number of pyridine rings is 1. The van der Waals surface area contributed by atoms with Crippen molar-refractivity contribution in [2.45, 2.75) is 13.0 Å². The zero-order chi connectivity index (χ0) is 12.0. The van der Waals surface area contributed by atoms with Gasteiger partial charge in [0.15, 0.2) is 0 Å². The number of nitrogens with zero attached hydrogens (tertiary/aromatic N) is 1. The fourth-order valence-electron chi connectivity index (χ4n) is 1.01. The lowest BCUT2D eigenvalue weighted by molar-refractivity contribution is -0.117. The van der Waals surface area contributed by atoms with Gasteiger partial charge in [-0.05, 0) is 19.1 Å². The Morgan fingerprint density at radius 2 is 2.38 bits per heavy atom. The van der Waals surface area contributed by atoms with Gasteiger partial charge in [-0.15, -0.1) is 0 Å². The highest BCUT2D eigenvalue weighted by molar-refractivity contribution is 5.93. The molecule has 0 aliphatic carbocycles. The summed E-state index contributed by atoms with van der Waals surface area (Å²) in [5.74, 6) is 0.181. The fourth-order valence-corrected chi connectivity index (χ4v) is 1.01. The molecule has 1 aromatic heterocycles. The molecule has 16 heavy (non-hydrogen) atoms. The van der Waals surface area contributed by atoms with Gasteiger partial charge in [-0.1, -0.05) is 0 Å². The van der Waals surface area contributed by atoms with E-state index in [0.29, 0.717) is 12.4 Å². The van der Waals surface area contributed by atoms with Crippen LogP contribution in [-0.4, -0.2) is 35.2 Å². The third-order valence-electron chi connectivity index (χ3n) is 1.87. The Bertz CT molecular complexity index is 337. The van der Waals surface area contributed by atoms with Crippen molar-refractivity contribution in [3.8, 4) is 0 Å². The Morgan fingerprint density at radius 1 is 1.62 bits per heavy atom. The molecule has 1 unspecified atom stereocenters. The van der Waals surface area contributed by atoms with Crippen LogP contribution in [-0.2, 0) is 4.79 Å². The molecule has 1 aromatic rings. The molecule has 5 N–H and O–H groups in total. The van der Waals surface area contributed by atoms with E-state index in [1.165, 1.54) is 0 Å². The Morgan fingerprint density at radius 3 is 2.88 bits per heavy atom. The van der Waals surface area contributed by atoms with E-state index in [-0.39, 0.29) is 12.5 Å². The number of aliphatic hydroxyl groups excluding tert-OH is 1. The predicted molar refractivity (Wildman–Crippen MR) is 62.1 cm³/mol. The summed E-state index contributed by atoms with van der Waals surface area (Å²) in [7, 11) is 0. The van der Waals surface area contributed by atoms with E-state index in [0.717, 1.165) is 5.69 Å². The highest BCUT2D eigenvalue weighted by Crippen LogP contribution is 2.09. The lowest BCUT2D eigenvalue weighted by atomic mass is 10.3. The molecule has 0 radical (unpaired) electrons. The topological polar surface area (TPSA) is 100 Å². The molecule has 6 nitrogen and oxygen atoms in total. The first kappa shape index (κ1) is 12.4. The number of anilines is 2. The van der Waals surface area contributed by atoms with Gasteiger partial charge in [-0.2, -0.15) is 0 Å². The van der Waals surface area contributed by atoms with Crippen LogP contribution in [0.1, 0.15) is 6.92 Å². The molecule has 0 bridgehead atoms. The molecule has 0 aliphatic heterocycles. The number of carbonyl (C=O) groups excluding carboxylic acids is 1. The van der Waals surface area contributed by atoms with Gasteiger partial charge in [0, 0.05) is 6.54 Å². The standard InChI is InChI=1S/C10H16N4O2/c1-7(11)10(16)14-9-3-2-8(6-13-9)12-4-5-15/h2-3,6-7,12,15H,4-5,11H2,1H3,(H,13,14,16). The maximum Gasteiger partial charge on any atom is 0.242 e. The molecule has 1 rings (SSSR count). The lowest BCUT2D eigenvalue weighted by Gasteiger charge is -2.08.